The Hall–Kier alpha value is -3.35. The van der Waals surface area contributed by atoms with E-state index in [0.717, 1.165) is 0 Å². The molecule has 0 aliphatic rings. The maximum absolute atomic E-state index is 12.4. The third-order valence-electron chi connectivity index (χ3n) is 3.91. The number of aromatic nitrogens is 2. The number of carbonyl (C=O) groups is 2. The highest BCUT2D eigenvalue weighted by molar-refractivity contribution is 6.02. The molecule has 0 aliphatic heterocycles. The standard InChI is InChI=1S/C19H20N4O3/c1-3-16(23-12-4-11-20-23)18(24)21-14-6-8-15(9-7-14)22-19(25)17-10-5-13(2)26-17/h4-12,16H,3H2,1-2H3,(H,21,24)(H,22,25). The predicted molar refractivity (Wildman–Crippen MR) is 98.0 cm³/mol. The van der Waals surface area contributed by atoms with Crippen LogP contribution in [-0.4, -0.2) is 21.6 Å². The summed E-state index contributed by atoms with van der Waals surface area (Å²) in [6, 6.07) is 11.7. The molecular weight excluding hydrogens is 332 g/mol. The van der Waals surface area contributed by atoms with Gasteiger partial charge in [0.05, 0.1) is 0 Å². The van der Waals surface area contributed by atoms with Crippen LogP contribution >= 0.6 is 0 Å². The third kappa shape index (κ3) is 4.00. The fourth-order valence-electron chi connectivity index (χ4n) is 2.57. The van der Waals surface area contributed by atoms with Crippen molar-refractivity contribution in [3.05, 3.63) is 66.4 Å². The maximum Gasteiger partial charge on any atom is 0.291 e. The quantitative estimate of drug-likeness (QED) is 0.709. The van der Waals surface area contributed by atoms with Gasteiger partial charge in [-0.15, -0.1) is 0 Å². The van der Waals surface area contributed by atoms with Crippen molar-refractivity contribution < 1.29 is 14.0 Å². The molecule has 2 aromatic heterocycles. The summed E-state index contributed by atoms with van der Waals surface area (Å²) in [5, 5.41) is 9.74. The summed E-state index contributed by atoms with van der Waals surface area (Å²) in [6.07, 6.45) is 4.04. The molecule has 0 radical (unpaired) electrons. The van der Waals surface area contributed by atoms with Crippen molar-refractivity contribution in [1.29, 1.82) is 0 Å². The SMILES string of the molecule is CCC(C(=O)Nc1ccc(NC(=O)c2ccc(C)o2)cc1)n1cccn1. The Balaban J connectivity index is 1.62. The van der Waals surface area contributed by atoms with Crippen LogP contribution in [0, 0.1) is 6.92 Å². The Labute approximate surface area is 151 Å². The lowest BCUT2D eigenvalue weighted by Crippen LogP contribution is -2.25. The molecule has 7 heteroatoms. The fourth-order valence-corrected chi connectivity index (χ4v) is 2.57. The van der Waals surface area contributed by atoms with E-state index in [4.69, 9.17) is 4.42 Å². The van der Waals surface area contributed by atoms with Gasteiger partial charge in [-0.3, -0.25) is 14.3 Å². The van der Waals surface area contributed by atoms with Gasteiger partial charge >= 0.3 is 0 Å². The molecule has 0 saturated carbocycles. The van der Waals surface area contributed by atoms with E-state index < -0.39 is 0 Å². The maximum atomic E-state index is 12.4. The van der Waals surface area contributed by atoms with Gasteiger partial charge in [-0.25, -0.2) is 0 Å². The first kappa shape index (κ1) is 17.5. The van der Waals surface area contributed by atoms with Gasteiger partial charge in [0.25, 0.3) is 5.91 Å². The molecule has 1 unspecified atom stereocenters. The van der Waals surface area contributed by atoms with Crippen LogP contribution in [0.25, 0.3) is 0 Å². The molecule has 1 atom stereocenters. The monoisotopic (exact) mass is 352 g/mol. The van der Waals surface area contributed by atoms with E-state index in [1.54, 1.807) is 66.5 Å². The second kappa shape index (κ2) is 7.69. The summed E-state index contributed by atoms with van der Waals surface area (Å²) in [6.45, 7) is 3.71. The molecule has 0 fully saturated rings. The first-order valence-electron chi connectivity index (χ1n) is 8.34. The largest absolute Gasteiger partial charge is 0.456 e. The van der Waals surface area contributed by atoms with E-state index in [1.165, 1.54) is 0 Å². The minimum absolute atomic E-state index is 0.140. The van der Waals surface area contributed by atoms with Gasteiger partial charge in [-0.1, -0.05) is 6.92 Å². The van der Waals surface area contributed by atoms with E-state index in [-0.39, 0.29) is 23.6 Å². The lowest BCUT2D eigenvalue weighted by molar-refractivity contribution is -0.119. The highest BCUT2D eigenvalue weighted by Gasteiger charge is 2.18. The normalized spacial score (nSPS) is 11.8. The number of nitrogens with zero attached hydrogens (tertiary/aromatic N) is 2. The molecule has 2 heterocycles. The Morgan fingerprint density at radius 3 is 2.35 bits per heavy atom. The molecule has 2 amide bonds. The fraction of sp³-hybridized carbons (Fsp3) is 0.211. The van der Waals surface area contributed by atoms with E-state index >= 15 is 0 Å². The lowest BCUT2D eigenvalue weighted by Gasteiger charge is -2.15. The Kier molecular flexibility index (Phi) is 5.17. The second-order valence-electron chi connectivity index (χ2n) is 5.84. The number of amides is 2. The number of nitrogens with one attached hydrogen (secondary N) is 2. The summed E-state index contributed by atoms with van der Waals surface area (Å²) in [4.78, 5) is 24.5. The van der Waals surface area contributed by atoms with Crippen molar-refractivity contribution in [3.8, 4) is 0 Å². The molecule has 0 aliphatic carbocycles. The predicted octanol–water partition coefficient (Wildman–Crippen LogP) is 3.63. The van der Waals surface area contributed by atoms with Crippen LogP contribution in [0.4, 0.5) is 11.4 Å². The topological polar surface area (TPSA) is 89.2 Å². The number of rotatable bonds is 6. The van der Waals surface area contributed by atoms with Crippen molar-refractivity contribution in [2.45, 2.75) is 26.3 Å². The number of anilines is 2. The lowest BCUT2D eigenvalue weighted by atomic mass is 10.2. The summed E-state index contributed by atoms with van der Waals surface area (Å²) < 4.78 is 6.92. The van der Waals surface area contributed by atoms with Gasteiger partial charge in [0.2, 0.25) is 5.91 Å². The molecule has 7 nitrogen and oxygen atoms in total. The summed E-state index contributed by atoms with van der Waals surface area (Å²) in [5.41, 5.74) is 1.26. The van der Waals surface area contributed by atoms with Gasteiger partial charge in [0.1, 0.15) is 11.8 Å². The van der Waals surface area contributed by atoms with E-state index in [0.29, 0.717) is 23.6 Å². The zero-order chi connectivity index (χ0) is 18.5. The Morgan fingerprint density at radius 2 is 1.81 bits per heavy atom. The molecule has 0 spiro atoms. The van der Waals surface area contributed by atoms with Crippen molar-refractivity contribution in [1.82, 2.24) is 9.78 Å². The van der Waals surface area contributed by atoms with Crippen molar-refractivity contribution in [2.24, 2.45) is 0 Å². The molecule has 0 bridgehead atoms. The van der Waals surface area contributed by atoms with E-state index in [9.17, 15) is 9.59 Å². The van der Waals surface area contributed by atoms with E-state index in [2.05, 4.69) is 15.7 Å². The van der Waals surface area contributed by atoms with E-state index in [1.807, 2.05) is 6.92 Å². The number of hydrogen-bond donors (Lipinski definition) is 2. The summed E-state index contributed by atoms with van der Waals surface area (Å²) >= 11 is 0. The average Bonchev–Trinajstić information content (AvgIpc) is 3.29. The first-order valence-corrected chi connectivity index (χ1v) is 8.34. The van der Waals surface area contributed by atoms with Gasteiger partial charge in [0.15, 0.2) is 5.76 Å². The number of benzene rings is 1. The van der Waals surface area contributed by atoms with Crippen LogP contribution in [-0.2, 0) is 4.79 Å². The van der Waals surface area contributed by atoms with Crippen LogP contribution in [0.15, 0.2) is 59.3 Å². The van der Waals surface area contributed by atoms with Crippen molar-refractivity contribution >= 4 is 23.2 Å². The van der Waals surface area contributed by atoms with Crippen LogP contribution < -0.4 is 10.6 Å². The Bertz CT molecular complexity index is 882. The summed E-state index contributed by atoms with van der Waals surface area (Å²) in [5.74, 6) is 0.472. The summed E-state index contributed by atoms with van der Waals surface area (Å²) in [7, 11) is 0. The highest BCUT2D eigenvalue weighted by Crippen LogP contribution is 2.18. The van der Waals surface area contributed by atoms with Crippen LogP contribution in [0.3, 0.4) is 0 Å². The van der Waals surface area contributed by atoms with Crippen LogP contribution in [0.2, 0.25) is 0 Å². The van der Waals surface area contributed by atoms with Gasteiger partial charge in [-0.2, -0.15) is 5.10 Å². The molecule has 3 rings (SSSR count). The van der Waals surface area contributed by atoms with Crippen LogP contribution in [0.5, 0.6) is 0 Å². The number of furan rings is 1. The Morgan fingerprint density at radius 1 is 1.12 bits per heavy atom. The smallest absolute Gasteiger partial charge is 0.291 e. The molecule has 2 N–H and O–H groups in total. The minimum atomic E-state index is -0.369. The number of aryl methyl sites for hydroxylation is 1. The molecule has 3 aromatic rings. The minimum Gasteiger partial charge on any atom is -0.456 e. The highest BCUT2D eigenvalue weighted by atomic mass is 16.3. The average molecular weight is 352 g/mol. The molecule has 26 heavy (non-hydrogen) atoms. The number of carbonyl (C=O) groups excluding carboxylic acids is 2. The zero-order valence-electron chi connectivity index (χ0n) is 14.6. The van der Waals surface area contributed by atoms with Crippen molar-refractivity contribution in [2.75, 3.05) is 10.6 Å². The first-order chi connectivity index (χ1) is 12.6. The second-order valence-corrected chi connectivity index (χ2v) is 5.84. The molecule has 134 valence electrons. The molecule has 0 saturated heterocycles. The van der Waals surface area contributed by atoms with Gasteiger partial charge in [0, 0.05) is 23.8 Å². The van der Waals surface area contributed by atoms with Crippen molar-refractivity contribution in [3.63, 3.8) is 0 Å². The third-order valence-corrected chi connectivity index (χ3v) is 3.91. The molecule has 1 aromatic carbocycles. The zero-order valence-corrected chi connectivity index (χ0v) is 14.6. The van der Waals surface area contributed by atoms with Gasteiger partial charge < -0.3 is 15.1 Å². The van der Waals surface area contributed by atoms with Gasteiger partial charge in [-0.05, 0) is 55.8 Å². The van der Waals surface area contributed by atoms with Crippen LogP contribution in [0.1, 0.15) is 35.7 Å². The molecular formula is C19H20N4O3. The number of hydrogen-bond acceptors (Lipinski definition) is 4.